The normalized spacial score (nSPS) is 13.5. The fourth-order valence-electron chi connectivity index (χ4n) is 5.59. The van der Waals surface area contributed by atoms with Crippen molar-refractivity contribution in [2.45, 2.75) is 25.7 Å². The predicted molar refractivity (Wildman–Crippen MR) is 157 cm³/mol. The highest BCUT2D eigenvalue weighted by molar-refractivity contribution is 5.98. The van der Waals surface area contributed by atoms with E-state index in [1.54, 1.807) is 37.4 Å². The smallest absolute Gasteiger partial charge is 0.416 e. The highest BCUT2D eigenvalue weighted by Crippen LogP contribution is 2.33. The van der Waals surface area contributed by atoms with Crippen LogP contribution in [0.3, 0.4) is 0 Å². The summed E-state index contributed by atoms with van der Waals surface area (Å²) in [7, 11) is 1.69. The fourth-order valence-corrected chi connectivity index (χ4v) is 5.59. The lowest BCUT2D eigenvalue weighted by Gasteiger charge is -2.29. The van der Waals surface area contributed by atoms with Gasteiger partial charge in [0.15, 0.2) is 0 Å². The van der Waals surface area contributed by atoms with Gasteiger partial charge in [0, 0.05) is 25.0 Å². The maximum absolute atomic E-state index is 13.2. The van der Waals surface area contributed by atoms with E-state index in [4.69, 9.17) is 9.47 Å². The van der Waals surface area contributed by atoms with E-state index in [1.807, 2.05) is 30.3 Å². The first-order valence-electron chi connectivity index (χ1n) is 13.7. The zero-order valence-electron chi connectivity index (χ0n) is 22.9. The molecular weight excluding hydrogens is 539 g/mol. The molecule has 0 atom stereocenters. The minimum atomic E-state index is -4.43. The highest BCUT2D eigenvalue weighted by atomic mass is 19.4. The summed E-state index contributed by atoms with van der Waals surface area (Å²) in [6, 6.07) is 29.6. The number of benzene rings is 5. The third kappa shape index (κ3) is 5.60. The standard InChI is InChI=1S/C35H28F3NO3/c1-41-33-17-13-26(30-7-2-4-8-31(30)33)22-39-19-18-24-20-28(16-12-25(24)21-39)42-34(40)32-9-5-3-6-29(32)23-10-14-27(15-11-23)35(36,37)38/h2-17,20H,18-19,21-22H2,1H3. The molecule has 7 heteroatoms. The van der Waals surface area contributed by atoms with Crippen LogP contribution in [0.1, 0.15) is 32.6 Å². The number of rotatable bonds is 6. The largest absolute Gasteiger partial charge is 0.496 e. The lowest BCUT2D eigenvalue weighted by atomic mass is 9.97. The monoisotopic (exact) mass is 567 g/mol. The number of fused-ring (bicyclic) bond motifs is 2. The van der Waals surface area contributed by atoms with E-state index in [0.717, 1.165) is 54.9 Å². The van der Waals surface area contributed by atoms with E-state index >= 15 is 0 Å². The van der Waals surface area contributed by atoms with Crippen LogP contribution in [0.5, 0.6) is 11.5 Å². The van der Waals surface area contributed by atoms with Gasteiger partial charge in [-0.05, 0) is 76.0 Å². The van der Waals surface area contributed by atoms with Crippen LogP contribution in [0.15, 0.2) is 103 Å². The van der Waals surface area contributed by atoms with Gasteiger partial charge in [-0.1, -0.05) is 66.7 Å². The van der Waals surface area contributed by atoms with Crippen LogP contribution in [-0.4, -0.2) is 24.5 Å². The molecule has 4 nitrogen and oxygen atoms in total. The van der Waals surface area contributed by atoms with Crippen molar-refractivity contribution in [3.8, 4) is 22.6 Å². The number of nitrogens with zero attached hydrogens (tertiary/aromatic N) is 1. The average Bonchev–Trinajstić information content (AvgIpc) is 3.01. The highest BCUT2D eigenvalue weighted by Gasteiger charge is 2.30. The Morgan fingerprint density at radius 3 is 2.33 bits per heavy atom. The van der Waals surface area contributed by atoms with Crippen LogP contribution in [0.4, 0.5) is 13.2 Å². The minimum absolute atomic E-state index is 0.285. The molecule has 0 saturated heterocycles. The molecule has 42 heavy (non-hydrogen) atoms. The second-order valence-corrected chi connectivity index (χ2v) is 10.4. The summed E-state index contributed by atoms with van der Waals surface area (Å²) in [6.07, 6.45) is -3.61. The summed E-state index contributed by atoms with van der Waals surface area (Å²) in [6.45, 7) is 2.45. The van der Waals surface area contributed by atoms with Crippen molar-refractivity contribution >= 4 is 16.7 Å². The maximum Gasteiger partial charge on any atom is 0.416 e. The Morgan fingerprint density at radius 2 is 1.57 bits per heavy atom. The first kappa shape index (κ1) is 27.5. The molecule has 5 aromatic rings. The van der Waals surface area contributed by atoms with Gasteiger partial charge in [0.2, 0.25) is 0 Å². The van der Waals surface area contributed by atoms with Crippen molar-refractivity contribution in [3.05, 3.63) is 131 Å². The predicted octanol–water partition coefficient (Wildman–Crippen LogP) is 8.31. The molecule has 0 radical (unpaired) electrons. The quantitative estimate of drug-likeness (QED) is 0.153. The topological polar surface area (TPSA) is 38.8 Å². The zero-order chi connectivity index (χ0) is 29.3. The molecule has 1 aliphatic rings. The SMILES string of the molecule is COc1ccc(CN2CCc3cc(OC(=O)c4ccccc4-c4ccc(C(F)(F)F)cc4)ccc3C2)c2ccccc12. The van der Waals surface area contributed by atoms with Crippen molar-refractivity contribution in [1.82, 2.24) is 4.90 Å². The van der Waals surface area contributed by atoms with Gasteiger partial charge in [0.05, 0.1) is 18.2 Å². The molecule has 0 amide bonds. The molecule has 0 spiro atoms. The second-order valence-electron chi connectivity index (χ2n) is 10.4. The molecular formula is C35H28F3NO3. The number of alkyl halides is 3. The van der Waals surface area contributed by atoms with Crippen LogP contribution in [0.25, 0.3) is 21.9 Å². The Labute approximate surface area is 241 Å². The van der Waals surface area contributed by atoms with Gasteiger partial charge in [-0.3, -0.25) is 4.90 Å². The van der Waals surface area contributed by atoms with E-state index < -0.39 is 17.7 Å². The summed E-state index contributed by atoms with van der Waals surface area (Å²) >= 11 is 0. The number of carbonyl (C=O) groups excluding carboxylic acids is 1. The Hall–Kier alpha value is -4.62. The lowest BCUT2D eigenvalue weighted by molar-refractivity contribution is -0.137. The van der Waals surface area contributed by atoms with Crippen LogP contribution in [-0.2, 0) is 25.7 Å². The third-order valence-electron chi connectivity index (χ3n) is 7.74. The van der Waals surface area contributed by atoms with E-state index in [9.17, 15) is 18.0 Å². The second kappa shape index (κ2) is 11.3. The lowest BCUT2D eigenvalue weighted by Crippen LogP contribution is -2.30. The average molecular weight is 568 g/mol. The van der Waals surface area contributed by atoms with Gasteiger partial charge >= 0.3 is 12.1 Å². The third-order valence-corrected chi connectivity index (χ3v) is 7.74. The molecule has 0 unspecified atom stereocenters. The molecule has 0 N–H and O–H groups in total. The van der Waals surface area contributed by atoms with Crippen LogP contribution >= 0.6 is 0 Å². The molecule has 5 aromatic carbocycles. The van der Waals surface area contributed by atoms with Crippen LogP contribution in [0, 0.1) is 0 Å². The summed E-state index contributed by atoms with van der Waals surface area (Å²) in [5.74, 6) is 0.743. The first-order chi connectivity index (χ1) is 20.3. The molecule has 0 aliphatic carbocycles. The summed E-state index contributed by atoms with van der Waals surface area (Å²) in [4.78, 5) is 15.6. The Bertz CT molecular complexity index is 1760. The fraction of sp³-hybridized carbons (Fsp3) is 0.171. The number of halogens is 3. The van der Waals surface area contributed by atoms with Crippen molar-refractivity contribution in [2.24, 2.45) is 0 Å². The zero-order valence-corrected chi connectivity index (χ0v) is 22.9. The summed E-state index contributed by atoms with van der Waals surface area (Å²) in [5.41, 5.74) is 4.12. The van der Waals surface area contributed by atoms with Crippen LogP contribution < -0.4 is 9.47 Å². The van der Waals surface area contributed by atoms with Gasteiger partial charge in [-0.15, -0.1) is 0 Å². The summed E-state index contributed by atoms with van der Waals surface area (Å²) in [5, 5.41) is 2.28. The summed E-state index contributed by atoms with van der Waals surface area (Å²) < 4.78 is 50.3. The van der Waals surface area contributed by atoms with Crippen molar-refractivity contribution in [2.75, 3.05) is 13.7 Å². The Morgan fingerprint density at radius 1 is 0.833 bits per heavy atom. The molecule has 0 fully saturated rings. The van der Waals surface area contributed by atoms with E-state index in [-0.39, 0.29) is 5.56 Å². The number of hydrogen-bond donors (Lipinski definition) is 0. The minimum Gasteiger partial charge on any atom is -0.496 e. The maximum atomic E-state index is 13.2. The van der Waals surface area contributed by atoms with Gasteiger partial charge in [-0.2, -0.15) is 13.2 Å². The van der Waals surface area contributed by atoms with E-state index in [1.165, 1.54) is 28.6 Å². The molecule has 212 valence electrons. The molecule has 1 aliphatic heterocycles. The van der Waals surface area contributed by atoms with Gasteiger partial charge in [-0.25, -0.2) is 4.79 Å². The number of hydrogen-bond acceptors (Lipinski definition) is 4. The van der Waals surface area contributed by atoms with E-state index in [2.05, 4.69) is 23.1 Å². The first-order valence-corrected chi connectivity index (χ1v) is 13.7. The Balaban J connectivity index is 1.16. The van der Waals surface area contributed by atoms with Gasteiger partial charge in [0.25, 0.3) is 0 Å². The number of esters is 1. The molecule has 0 bridgehead atoms. The number of methoxy groups -OCH3 is 1. The van der Waals surface area contributed by atoms with Crippen molar-refractivity contribution in [1.29, 1.82) is 0 Å². The van der Waals surface area contributed by atoms with Crippen molar-refractivity contribution < 1.29 is 27.4 Å². The van der Waals surface area contributed by atoms with Crippen molar-refractivity contribution in [3.63, 3.8) is 0 Å². The number of ether oxygens (including phenoxy) is 2. The molecule has 0 saturated carbocycles. The molecule has 6 rings (SSSR count). The molecule has 1 heterocycles. The van der Waals surface area contributed by atoms with Crippen LogP contribution in [0.2, 0.25) is 0 Å². The number of carbonyl (C=O) groups is 1. The van der Waals surface area contributed by atoms with E-state index in [0.29, 0.717) is 16.9 Å². The Kier molecular flexibility index (Phi) is 7.43. The van der Waals surface area contributed by atoms with Gasteiger partial charge in [0.1, 0.15) is 11.5 Å². The van der Waals surface area contributed by atoms with Gasteiger partial charge < -0.3 is 9.47 Å². The molecule has 0 aromatic heterocycles.